The first-order valence-electron chi connectivity index (χ1n) is 42.8. The highest BCUT2D eigenvalue weighted by Crippen LogP contribution is 2.61. The lowest BCUT2D eigenvalue weighted by Gasteiger charge is -2.34. The molecule has 0 spiro atoms. The maximum atomic E-state index is 6.03. The summed E-state index contributed by atoms with van der Waals surface area (Å²) in [6, 6.07) is 177. The summed E-state index contributed by atoms with van der Waals surface area (Å²) in [6.45, 7) is 0. The van der Waals surface area contributed by atoms with E-state index in [1.54, 1.807) is 0 Å². The summed E-state index contributed by atoms with van der Waals surface area (Å²) < 4.78 is 0. The Morgan fingerprint density at radius 3 is 1.01 bits per heavy atom. The summed E-state index contributed by atoms with van der Waals surface area (Å²) in [4.78, 5) is 2.45. The second-order valence-corrected chi connectivity index (χ2v) is 32.2. The van der Waals surface area contributed by atoms with Gasteiger partial charge in [0.05, 0.1) is 28.2 Å². The van der Waals surface area contributed by atoms with Gasteiger partial charge in [0.1, 0.15) is 12.2 Å². The van der Waals surface area contributed by atoms with Crippen molar-refractivity contribution in [1.82, 2.24) is 0 Å². The topological polar surface area (TPSA) is 15.3 Å². The van der Waals surface area contributed by atoms with Gasteiger partial charge in [0.2, 0.25) is 0 Å². The SMILES string of the molecule is Clc1ccc(-c2ccc(-c3ccccc3)c(C3=CC=C[C+]=C3)c2)cc1.c1ccc(-c2ccc(N(c3ccc(-c4ccc(-c5ccccc5)c(-c5ccccc5)c4)cc3)c3cccc4c3-c3ccccc3C4(c3ccccc3)c3ccccc3)cc2)cc1.c1ccc(-c2ccc(Nc3cccc4c3-c3ccccc3C4(c3ccccc3)c3ccccc3)cc2)cc1. The molecule has 590 valence electrons. The average molecular weight is 1620 g/mol. The Morgan fingerprint density at radius 1 is 0.240 bits per heavy atom. The first-order chi connectivity index (χ1) is 61.9. The molecule has 3 aliphatic rings. The molecule has 0 aliphatic heterocycles. The Kier molecular flexibility index (Phi) is 21.8. The van der Waals surface area contributed by atoms with Crippen LogP contribution in [0.2, 0.25) is 5.02 Å². The predicted octanol–water partition coefficient (Wildman–Crippen LogP) is 32.6. The van der Waals surface area contributed by atoms with Crippen LogP contribution in [-0.2, 0) is 10.8 Å². The van der Waals surface area contributed by atoms with Crippen LogP contribution < -0.4 is 10.2 Å². The quantitative estimate of drug-likeness (QED) is 0.0914. The standard InChI is InChI=1S/C61H43N.C37H27N.C24H16Cl/c1-6-19-44(20-7-1)45-33-38-52(39-34-45)62(53-40-35-46(36-41-53)49-37-42-54(47-21-8-2-9-22-47)56(43-49)48-23-10-3-11-24-48)59-32-18-31-58-60(59)55-29-16-17-30-57(55)61(58,50-25-12-4-13-26-50)51-27-14-5-15-28-51;1-4-13-27(14-5-1)28-23-25-31(26-24-28)38-35-22-12-21-34-36(35)32-19-10-11-20-33(32)37(34,29-15-6-2-7-16-29)30-17-8-3-9-18-30;25-22-14-11-18(12-15-22)21-13-16-23(19-7-3-1-4-8-19)24(17-21)20-9-5-2-6-10-20/h1-43H;1-26,38H;1-5,7-17H/q;;+1. The number of halogens is 1. The number of benzene rings is 19. The number of rotatable bonds is 17. The number of hydrogen-bond acceptors (Lipinski definition) is 2. The summed E-state index contributed by atoms with van der Waals surface area (Å²) in [7, 11) is 0. The van der Waals surface area contributed by atoms with E-state index in [1.165, 1.54) is 145 Å². The van der Waals surface area contributed by atoms with Gasteiger partial charge in [0, 0.05) is 62.2 Å². The van der Waals surface area contributed by atoms with Crippen molar-refractivity contribution in [3.8, 4) is 100 Å². The highest BCUT2D eigenvalue weighted by Gasteiger charge is 2.49. The van der Waals surface area contributed by atoms with Gasteiger partial charge in [-0.15, -0.1) is 0 Å². The van der Waals surface area contributed by atoms with Gasteiger partial charge in [-0.05, 0) is 201 Å². The molecule has 0 radical (unpaired) electrons. The van der Waals surface area contributed by atoms with Gasteiger partial charge in [0.15, 0.2) is 0 Å². The molecule has 0 bridgehead atoms. The van der Waals surface area contributed by atoms with Gasteiger partial charge in [-0.2, -0.15) is 0 Å². The van der Waals surface area contributed by atoms with E-state index in [-0.39, 0.29) is 5.41 Å². The van der Waals surface area contributed by atoms with Crippen LogP contribution in [0.5, 0.6) is 0 Å². The molecule has 0 saturated carbocycles. The van der Waals surface area contributed by atoms with Crippen LogP contribution >= 0.6 is 11.6 Å². The third-order valence-electron chi connectivity index (χ3n) is 24.6. The maximum Gasteiger partial charge on any atom is 0.111 e. The van der Waals surface area contributed by atoms with E-state index in [2.05, 4.69) is 496 Å². The van der Waals surface area contributed by atoms with E-state index in [0.29, 0.717) is 0 Å². The third-order valence-corrected chi connectivity index (χ3v) is 24.9. The van der Waals surface area contributed by atoms with Crippen LogP contribution in [-0.4, -0.2) is 0 Å². The monoisotopic (exact) mass is 1610 g/mol. The lowest BCUT2D eigenvalue weighted by Crippen LogP contribution is -2.28. The molecule has 0 unspecified atom stereocenters. The van der Waals surface area contributed by atoms with Crippen LogP contribution in [0.15, 0.2) is 516 Å². The molecule has 2 nitrogen and oxygen atoms in total. The van der Waals surface area contributed by atoms with E-state index in [9.17, 15) is 0 Å². The van der Waals surface area contributed by atoms with Gasteiger partial charge in [-0.1, -0.05) is 430 Å². The predicted molar refractivity (Wildman–Crippen MR) is 526 cm³/mol. The molecule has 1 N–H and O–H groups in total. The number of nitrogens with one attached hydrogen (secondary N) is 1. The number of anilines is 5. The highest BCUT2D eigenvalue weighted by atomic mass is 35.5. The van der Waals surface area contributed by atoms with E-state index >= 15 is 0 Å². The Hall–Kier alpha value is -15.8. The summed E-state index contributed by atoms with van der Waals surface area (Å²) in [5, 5.41) is 4.52. The van der Waals surface area contributed by atoms with Gasteiger partial charge < -0.3 is 10.2 Å². The van der Waals surface area contributed by atoms with Crippen LogP contribution in [0.4, 0.5) is 28.4 Å². The summed E-state index contributed by atoms with van der Waals surface area (Å²) in [5.41, 5.74) is 39.1. The molecule has 19 aromatic rings. The molecular weight excluding hydrogens is 1530 g/mol. The number of hydrogen-bond donors (Lipinski definition) is 1. The summed E-state index contributed by atoms with van der Waals surface area (Å²) in [5.74, 6) is 0. The van der Waals surface area contributed by atoms with Gasteiger partial charge in [0.25, 0.3) is 0 Å². The Balaban J connectivity index is 0.000000132. The molecule has 125 heavy (non-hydrogen) atoms. The fourth-order valence-electron chi connectivity index (χ4n) is 18.9. The van der Waals surface area contributed by atoms with Crippen LogP contribution in [0.3, 0.4) is 0 Å². The molecule has 0 aromatic heterocycles. The zero-order valence-electron chi connectivity index (χ0n) is 68.9. The molecule has 0 fully saturated rings. The number of allylic oxidation sites excluding steroid dienone is 6. The normalized spacial score (nSPS) is 12.6. The van der Waals surface area contributed by atoms with Crippen molar-refractivity contribution in [3.05, 3.63) is 577 Å². The Bertz CT molecular complexity index is 7000. The molecule has 3 aliphatic carbocycles. The molecule has 0 heterocycles. The lowest BCUT2D eigenvalue weighted by molar-refractivity contribution is 0.768. The zero-order chi connectivity index (χ0) is 83.7. The highest BCUT2D eigenvalue weighted by molar-refractivity contribution is 6.30. The largest absolute Gasteiger partial charge is 0.355 e. The molecular formula is C122H86ClN2+. The van der Waals surface area contributed by atoms with E-state index in [0.717, 1.165) is 44.6 Å². The van der Waals surface area contributed by atoms with Crippen molar-refractivity contribution in [2.75, 3.05) is 10.2 Å². The number of nitrogens with zero attached hydrogens (tertiary/aromatic N) is 1. The maximum absolute atomic E-state index is 6.03. The second-order valence-electron chi connectivity index (χ2n) is 31.8. The number of fused-ring (bicyclic) bond motifs is 6. The van der Waals surface area contributed by atoms with Crippen molar-refractivity contribution in [1.29, 1.82) is 0 Å². The Labute approximate surface area is 738 Å². The molecule has 3 heteroatoms. The van der Waals surface area contributed by atoms with Crippen molar-refractivity contribution in [3.63, 3.8) is 0 Å². The van der Waals surface area contributed by atoms with Crippen molar-refractivity contribution >= 4 is 45.6 Å². The van der Waals surface area contributed by atoms with Crippen LogP contribution in [0, 0.1) is 6.08 Å². The third kappa shape index (κ3) is 15.1. The minimum atomic E-state index is -0.500. The molecule has 22 rings (SSSR count). The van der Waals surface area contributed by atoms with Crippen molar-refractivity contribution < 1.29 is 0 Å². The van der Waals surface area contributed by atoms with Gasteiger partial charge in [-0.3, -0.25) is 0 Å². The fourth-order valence-corrected chi connectivity index (χ4v) is 19.1. The first-order valence-corrected chi connectivity index (χ1v) is 43.2. The lowest BCUT2D eigenvalue weighted by atomic mass is 9.68. The summed E-state index contributed by atoms with van der Waals surface area (Å²) in [6.07, 6.45) is 11.3. The zero-order valence-corrected chi connectivity index (χ0v) is 69.7. The fraction of sp³-hybridized carbons (Fsp3) is 0.0164. The molecule has 0 atom stereocenters. The first kappa shape index (κ1) is 77.8. The summed E-state index contributed by atoms with van der Waals surface area (Å²) >= 11 is 6.03. The van der Waals surface area contributed by atoms with Crippen molar-refractivity contribution in [2.45, 2.75) is 10.8 Å². The molecule has 0 amide bonds. The van der Waals surface area contributed by atoms with Gasteiger partial charge >= 0.3 is 0 Å². The minimum absolute atomic E-state index is 0.386. The van der Waals surface area contributed by atoms with Crippen LogP contribution in [0.1, 0.15) is 50.1 Å². The van der Waals surface area contributed by atoms with Crippen LogP contribution in [0.25, 0.3) is 106 Å². The van der Waals surface area contributed by atoms with E-state index < -0.39 is 5.41 Å². The second kappa shape index (κ2) is 35.1. The van der Waals surface area contributed by atoms with E-state index in [4.69, 9.17) is 11.6 Å². The average Bonchev–Trinajstić information content (AvgIpc) is 1.54. The van der Waals surface area contributed by atoms with Gasteiger partial charge in [-0.25, -0.2) is 0 Å². The molecule has 19 aromatic carbocycles. The Morgan fingerprint density at radius 2 is 0.568 bits per heavy atom. The minimum Gasteiger partial charge on any atom is -0.355 e. The van der Waals surface area contributed by atoms with Crippen molar-refractivity contribution in [2.24, 2.45) is 0 Å². The van der Waals surface area contributed by atoms with E-state index in [1.807, 2.05) is 36.4 Å². The smallest absolute Gasteiger partial charge is 0.111 e. The molecule has 0 saturated heterocycles.